The van der Waals surface area contributed by atoms with Crippen molar-refractivity contribution >= 4 is 21.6 Å². The average molecular weight is 338 g/mol. The lowest BCUT2D eigenvalue weighted by Crippen LogP contribution is -1.98. The van der Waals surface area contributed by atoms with Gasteiger partial charge in [-0.05, 0) is 48.2 Å². The number of halogens is 2. The van der Waals surface area contributed by atoms with E-state index in [2.05, 4.69) is 29.8 Å². The number of ether oxygens (including phenoxy) is 1. The summed E-state index contributed by atoms with van der Waals surface area (Å²) >= 11 is 3.46. The van der Waals surface area contributed by atoms with Gasteiger partial charge in [0.05, 0.1) is 5.69 Å². The van der Waals surface area contributed by atoms with Gasteiger partial charge in [-0.25, -0.2) is 4.39 Å². The van der Waals surface area contributed by atoms with Crippen molar-refractivity contribution in [2.75, 3.05) is 5.73 Å². The number of anilines is 1. The minimum atomic E-state index is -0.324. The molecule has 0 aliphatic carbocycles. The molecule has 2 aromatic rings. The van der Waals surface area contributed by atoms with Gasteiger partial charge >= 0.3 is 0 Å². The van der Waals surface area contributed by atoms with Crippen molar-refractivity contribution in [2.45, 2.75) is 26.7 Å². The predicted molar refractivity (Wildman–Crippen MR) is 83.9 cm³/mol. The topological polar surface area (TPSA) is 35.2 Å². The van der Waals surface area contributed by atoms with Gasteiger partial charge in [-0.3, -0.25) is 0 Å². The Bertz CT molecular complexity index is 641. The molecule has 0 aromatic heterocycles. The Hall–Kier alpha value is -1.55. The van der Waals surface area contributed by atoms with Crippen LogP contribution in [0.3, 0.4) is 0 Å². The molecule has 0 aliphatic rings. The summed E-state index contributed by atoms with van der Waals surface area (Å²) < 4.78 is 20.3. The molecule has 20 heavy (non-hydrogen) atoms. The van der Waals surface area contributed by atoms with Crippen molar-refractivity contribution in [2.24, 2.45) is 0 Å². The van der Waals surface area contributed by atoms with E-state index < -0.39 is 0 Å². The van der Waals surface area contributed by atoms with Crippen LogP contribution < -0.4 is 10.5 Å². The molecule has 2 rings (SSSR count). The molecule has 0 unspecified atom stereocenters. The molecule has 0 aliphatic heterocycles. The second-order valence-electron chi connectivity index (χ2n) is 5.08. The van der Waals surface area contributed by atoms with Crippen molar-refractivity contribution in [1.82, 2.24) is 0 Å². The smallest absolute Gasteiger partial charge is 0.150 e. The van der Waals surface area contributed by atoms with Gasteiger partial charge in [-0.1, -0.05) is 29.8 Å². The van der Waals surface area contributed by atoms with Crippen LogP contribution in [0.15, 0.2) is 34.8 Å². The van der Waals surface area contributed by atoms with E-state index in [1.165, 1.54) is 6.07 Å². The van der Waals surface area contributed by atoms with Gasteiger partial charge in [0, 0.05) is 10.5 Å². The predicted octanol–water partition coefficient (Wildman–Crippen LogP) is 5.39. The number of aryl methyl sites for hydroxylation is 1. The summed E-state index contributed by atoms with van der Waals surface area (Å²) in [5, 5.41) is 0. The van der Waals surface area contributed by atoms with E-state index in [1.807, 2.05) is 18.2 Å². The quantitative estimate of drug-likeness (QED) is 0.761. The van der Waals surface area contributed by atoms with Crippen LogP contribution in [-0.2, 0) is 0 Å². The second-order valence-corrected chi connectivity index (χ2v) is 5.99. The maximum atomic E-state index is 13.4. The second kappa shape index (κ2) is 5.83. The molecule has 2 nitrogen and oxygen atoms in total. The fourth-order valence-electron chi connectivity index (χ4n) is 1.94. The minimum absolute atomic E-state index is 0.297. The first kappa shape index (κ1) is 14.9. The van der Waals surface area contributed by atoms with Crippen LogP contribution in [0.2, 0.25) is 0 Å². The highest BCUT2D eigenvalue weighted by Gasteiger charge is 2.12. The van der Waals surface area contributed by atoms with Crippen molar-refractivity contribution in [1.29, 1.82) is 0 Å². The van der Waals surface area contributed by atoms with E-state index in [9.17, 15) is 4.39 Å². The van der Waals surface area contributed by atoms with Crippen LogP contribution in [0.4, 0.5) is 10.1 Å². The van der Waals surface area contributed by atoms with Crippen molar-refractivity contribution < 1.29 is 9.13 Å². The molecule has 0 saturated heterocycles. The van der Waals surface area contributed by atoms with Crippen molar-refractivity contribution in [3.63, 3.8) is 0 Å². The highest BCUT2D eigenvalue weighted by molar-refractivity contribution is 9.10. The fourth-order valence-corrected chi connectivity index (χ4v) is 2.32. The zero-order chi connectivity index (χ0) is 14.9. The third-order valence-corrected chi connectivity index (χ3v) is 3.60. The number of nitrogens with two attached hydrogens (primary N) is 1. The Morgan fingerprint density at radius 1 is 1.15 bits per heavy atom. The third kappa shape index (κ3) is 3.12. The first-order chi connectivity index (χ1) is 9.38. The standard InChI is InChI=1S/C16H17BrFNO/c1-9(2)12-7-11(17)4-5-15(12)20-16-6-10(3)13(18)8-14(16)19/h4-9H,19H2,1-3H3. The van der Waals surface area contributed by atoms with Gasteiger partial charge in [0.25, 0.3) is 0 Å². The zero-order valence-corrected chi connectivity index (χ0v) is 13.3. The highest BCUT2D eigenvalue weighted by atomic mass is 79.9. The molecular formula is C16H17BrFNO. The Morgan fingerprint density at radius 3 is 2.50 bits per heavy atom. The Kier molecular flexibility index (Phi) is 4.33. The molecule has 0 atom stereocenters. The van der Waals surface area contributed by atoms with Crippen molar-refractivity contribution in [3.8, 4) is 11.5 Å². The number of rotatable bonds is 3. The molecule has 0 radical (unpaired) electrons. The lowest BCUT2D eigenvalue weighted by atomic mass is 10.0. The van der Waals surface area contributed by atoms with Crippen molar-refractivity contribution in [3.05, 3.63) is 51.7 Å². The van der Waals surface area contributed by atoms with Crippen LogP contribution in [0.1, 0.15) is 30.9 Å². The maximum absolute atomic E-state index is 13.4. The van der Waals surface area contributed by atoms with E-state index in [-0.39, 0.29) is 5.82 Å². The van der Waals surface area contributed by atoms with Gasteiger partial charge < -0.3 is 10.5 Å². The van der Waals surface area contributed by atoms with E-state index >= 15 is 0 Å². The van der Waals surface area contributed by atoms with Gasteiger partial charge in [-0.2, -0.15) is 0 Å². The SMILES string of the molecule is Cc1cc(Oc2ccc(Br)cc2C(C)C)c(N)cc1F. The number of benzene rings is 2. The maximum Gasteiger partial charge on any atom is 0.150 e. The molecule has 0 saturated carbocycles. The summed E-state index contributed by atoms with van der Waals surface area (Å²) in [5.74, 6) is 1.20. The third-order valence-electron chi connectivity index (χ3n) is 3.10. The summed E-state index contributed by atoms with van der Waals surface area (Å²) in [6.45, 7) is 5.87. The number of hydrogen-bond acceptors (Lipinski definition) is 2. The summed E-state index contributed by atoms with van der Waals surface area (Å²) in [7, 11) is 0. The van der Waals surface area contributed by atoms with Crippen LogP contribution in [-0.4, -0.2) is 0 Å². The first-order valence-electron chi connectivity index (χ1n) is 6.41. The number of nitrogen functional groups attached to an aromatic ring is 1. The molecule has 0 fully saturated rings. The molecule has 0 bridgehead atoms. The van der Waals surface area contributed by atoms with Gasteiger partial charge in [0.15, 0.2) is 5.75 Å². The van der Waals surface area contributed by atoms with Gasteiger partial charge in [0.2, 0.25) is 0 Å². The molecule has 2 aromatic carbocycles. The van der Waals surface area contributed by atoms with E-state index in [1.54, 1.807) is 13.0 Å². The van der Waals surface area contributed by atoms with Crippen LogP contribution >= 0.6 is 15.9 Å². The van der Waals surface area contributed by atoms with Crippen LogP contribution in [0.25, 0.3) is 0 Å². The Morgan fingerprint density at radius 2 is 1.85 bits per heavy atom. The first-order valence-corrected chi connectivity index (χ1v) is 7.20. The van der Waals surface area contributed by atoms with E-state index in [4.69, 9.17) is 10.5 Å². The van der Waals surface area contributed by atoms with Crippen LogP contribution in [0, 0.1) is 12.7 Å². The van der Waals surface area contributed by atoms with E-state index in [0.717, 1.165) is 15.8 Å². The summed E-state index contributed by atoms with van der Waals surface area (Å²) in [6.07, 6.45) is 0. The summed E-state index contributed by atoms with van der Waals surface area (Å²) in [4.78, 5) is 0. The molecular weight excluding hydrogens is 321 g/mol. The average Bonchev–Trinajstić information content (AvgIpc) is 2.37. The number of hydrogen-bond donors (Lipinski definition) is 1. The fraction of sp³-hybridized carbons (Fsp3) is 0.250. The molecule has 106 valence electrons. The lowest BCUT2D eigenvalue weighted by molar-refractivity contribution is 0.473. The zero-order valence-electron chi connectivity index (χ0n) is 11.7. The normalized spacial score (nSPS) is 10.9. The molecule has 2 N–H and O–H groups in total. The minimum Gasteiger partial charge on any atom is -0.455 e. The van der Waals surface area contributed by atoms with Crippen LogP contribution in [0.5, 0.6) is 11.5 Å². The molecule has 0 spiro atoms. The monoisotopic (exact) mass is 337 g/mol. The largest absolute Gasteiger partial charge is 0.455 e. The Labute approximate surface area is 126 Å². The highest BCUT2D eigenvalue weighted by Crippen LogP contribution is 2.35. The molecule has 4 heteroatoms. The lowest BCUT2D eigenvalue weighted by Gasteiger charge is -2.16. The Balaban J connectivity index is 2.42. The molecule has 0 heterocycles. The van der Waals surface area contributed by atoms with Gasteiger partial charge in [-0.15, -0.1) is 0 Å². The van der Waals surface area contributed by atoms with Gasteiger partial charge in [0.1, 0.15) is 11.6 Å². The molecule has 0 amide bonds. The summed E-state index contributed by atoms with van der Waals surface area (Å²) in [6, 6.07) is 8.73. The summed E-state index contributed by atoms with van der Waals surface area (Å²) in [5.41, 5.74) is 7.70. The van der Waals surface area contributed by atoms with E-state index in [0.29, 0.717) is 22.9 Å².